The van der Waals surface area contributed by atoms with Crippen LogP contribution in [0.4, 0.5) is 5.95 Å². The van der Waals surface area contributed by atoms with Crippen LogP contribution in [0.25, 0.3) is 0 Å². The highest BCUT2D eigenvalue weighted by Crippen LogP contribution is 2.44. The Labute approximate surface area is 245 Å². The Morgan fingerprint density at radius 3 is 2.62 bits per heavy atom. The summed E-state index contributed by atoms with van der Waals surface area (Å²) in [4.78, 5) is 17.9. The van der Waals surface area contributed by atoms with Crippen molar-refractivity contribution in [3.63, 3.8) is 0 Å². The van der Waals surface area contributed by atoms with E-state index in [1.807, 2.05) is 26.0 Å². The van der Waals surface area contributed by atoms with Crippen LogP contribution >= 0.6 is 39.1 Å². The van der Waals surface area contributed by atoms with Crippen molar-refractivity contribution < 1.29 is 19.0 Å². The van der Waals surface area contributed by atoms with Gasteiger partial charge in [0.2, 0.25) is 5.95 Å². The molecule has 1 saturated carbocycles. The van der Waals surface area contributed by atoms with Crippen molar-refractivity contribution in [3.05, 3.63) is 73.6 Å². The van der Waals surface area contributed by atoms with E-state index in [2.05, 4.69) is 31.3 Å². The molecule has 2 heterocycles. The van der Waals surface area contributed by atoms with Crippen LogP contribution in [0.15, 0.2) is 52.4 Å². The van der Waals surface area contributed by atoms with Crippen LogP contribution in [0.1, 0.15) is 63.1 Å². The second-order valence-electron chi connectivity index (χ2n) is 9.51. The van der Waals surface area contributed by atoms with E-state index < -0.39 is 6.04 Å². The van der Waals surface area contributed by atoms with Crippen molar-refractivity contribution >= 4 is 51.0 Å². The number of rotatable bonds is 8. The number of ether oxygens (including phenoxy) is 3. The second kappa shape index (κ2) is 12.2. The molecule has 0 bridgehead atoms. The highest BCUT2D eigenvalue weighted by Gasteiger charge is 2.36. The molecule has 0 saturated heterocycles. The molecule has 1 aliphatic carbocycles. The van der Waals surface area contributed by atoms with E-state index in [1.54, 1.807) is 22.9 Å². The first kappa shape index (κ1) is 27.8. The minimum Gasteiger partial charge on any atom is -0.490 e. The normalized spacial score (nSPS) is 17.4. The molecule has 5 rings (SSSR count). The van der Waals surface area contributed by atoms with Crippen molar-refractivity contribution in [1.29, 1.82) is 0 Å². The van der Waals surface area contributed by atoms with Gasteiger partial charge in [0, 0.05) is 21.3 Å². The molecule has 11 heteroatoms. The lowest BCUT2D eigenvalue weighted by atomic mass is 9.94. The van der Waals surface area contributed by atoms with Gasteiger partial charge in [-0.3, -0.25) is 0 Å². The molecule has 206 valence electrons. The van der Waals surface area contributed by atoms with Crippen LogP contribution < -0.4 is 14.8 Å². The molecule has 0 spiro atoms. The number of benzene rings is 2. The molecule has 1 atom stereocenters. The van der Waals surface area contributed by atoms with Crippen molar-refractivity contribution in [3.8, 4) is 11.5 Å². The molecule has 39 heavy (non-hydrogen) atoms. The second-order valence-corrected chi connectivity index (χ2v) is 11.2. The van der Waals surface area contributed by atoms with Gasteiger partial charge in [0.25, 0.3) is 0 Å². The standard InChI is InChI=1S/C28H29BrCl2N4O4/c1-3-37-23-13-17(12-20(29)26(23)38-14-19-21(30)10-7-11-22(19)31)25-24(16(2)34-28-32-15-33-35(25)28)27(36)39-18-8-5-4-6-9-18/h7,10-13,15,18,25H,3-6,8-9,14H2,1-2H3,(H,32,33,34). The van der Waals surface area contributed by atoms with Crippen LogP contribution in [0.3, 0.4) is 0 Å². The molecular weight excluding hydrogens is 607 g/mol. The van der Waals surface area contributed by atoms with Crippen LogP contribution in [-0.2, 0) is 16.1 Å². The minimum atomic E-state index is -0.581. The zero-order valence-electron chi connectivity index (χ0n) is 21.7. The van der Waals surface area contributed by atoms with Crippen LogP contribution in [0, 0.1) is 0 Å². The predicted molar refractivity (Wildman–Crippen MR) is 154 cm³/mol. The van der Waals surface area contributed by atoms with E-state index in [0.29, 0.717) is 55.4 Å². The number of halogens is 3. The molecule has 1 aliphatic heterocycles. The average molecular weight is 636 g/mol. The maximum Gasteiger partial charge on any atom is 0.338 e. The Hall–Kier alpha value is -2.75. The highest BCUT2D eigenvalue weighted by molar-refractivity contribution is 9.10. The van der Waals surface area contributed by atoms with Gasteiger partial charge in [0.15, 0.2) is 11.5 Å². The Balaban J connectivity index is 1.51. The summed E-state index contributed by atoms with van der Waals surface area (Å²) in [7, 11) is 0. The number of hydrogen-bond donors (Lipinski definition) is 1. The third kappa shape index (κ3) is 5.90. The zero-order valence-corrected chi connectivity index (χ0v) is 24.8. The number of fused-ring (bicyclic) bond motifs is 1. The minimum absolute atomic E-state index is 0.0810. The largest absolute Gasteiger partial charge is 0.490 e. The zero-order chi connectivity index (χ0) is 27.5. The van der Waals surface area contributed by atoms with Gasteiger partial charge in [-0.1, -0.05) is 35.7 Å². The third-order valence-electron chi connectivity index (χ3n) is 6.91. The van der Waals surface area contributed by atoms with Crippen LogP contribution in [-0.4, -0.2) is 33.4 Å². The Morgan fingerprint density at radius 1 is 1.15 bits per heavy atom. The maximum absolute atomic E-state index is 13.6. The molecule has 1 fully saturated rings. The van der Waals surface area contributed by atoms with Crippen LogP contribution in [0.5, 0.6) is 11.5 Å². The van der Waals surface area contributed by atoms with Gasteiger partial charge in [-0.2, -0.15) is 10.1 Å². The summed E-state index contributed by atoms with van der Waals surface area (Å²) >= 11 is 16.4. The summed E-state index contributed by atoms with van der Waals surface area (Å²) < 4.78 is 20.5. The lowest BCUT2D eigenvalue weighted by Gasteiger charge is -2.30. The average Bonchev–Trinajstić information content (AvgIpc) is 3.37. The van der Waals surface area contributed by atoms with Gasteiger partial charge in [-0.15, -0.1) is 0 Å². The molecule has 1 aromatic heterocycles. The quantitative estimate of drug-likeness (QED) is 0.257. The first-order valence-corrected chi connectivity index (χ1v) is 14.5. The van der Waals surface area contributed by atoms with Gasteiger partial charge in [0.05, 0.1) is 16.7 Å². The summed E-state index contributed by atoms with van der Waals surface area (Å²) in [6, 6.07) is 8.50. The Morgan fingerprint density at radius 2 is 1.90 bits per heavy atom. The van der Waals surface area contributed by atoms with E-state index in [0.717, 1.165) is 31.2 Å². The Bertz CT molecular complexity index is 1380. The number of allylic oxidation sites excluding steroid dienone is 1. The van der Waals surface area contributed by atoms with Crippen LogP contribution in [0.2, 0.25) is 10.0 Å². The summed E-state index contributed by atoms with van der Waals surface area (Å²) in [6.45, 7) is 4.30. The molecule has 8 nitrogen and oxygen atoms in total. The molecule has 1 N–H and O–H groups in total. The highest BCUT2D eigenvalue weighted by atomic mass is 79.9. The number of carbonyl (C=O) groups is 1. The fourth-order valence-electron chi connectivity index (χ4n) is 5.02. The Kier molecular flexibility index (Phi) is 8.69. The van der Waals surface area contributed by atoms with E-state index in [1.165, 1.54) is 12.7 Å². The van der Waals surface area contributed by atoms with Crippen molar-refractivity contribution in [2.75, 3.05) is 11.9 Å². The number of esters is 1. The SMILES string of the molecule is CCOc1cc(C2C(C(=O)OC3CCCCC3)=C(C)Nc3ncnn32)cc(Br)c1OCc1c(Cl)cccc1Cl. The molecule has 2 aromatic carbocycles. The van der Waals surface area contributed by atoms with E-state index in [4.69, 9.17) is 37.4 Å². The lowest BCUT2D eigenvalue weighted by Crippen LogP contribution is -2.32. The monoisotopic (exact) mass is 634 g/mol. The maximum atomic E-state index is 13.6. The van der Waals surface area contributed by atoms with Crippen molar-refractivity contribution in [2.45, 2.75) is 64.7 Å². The third-order valence-corrected chi connectivity index (χ3v) is 8.21. The molecule has 3 aromatic rings. The fraction of sp³-hybridized carbons (Fsp3) is 0.393. The van der Waals surface area contributed by atoms with Gasteiger partial charge >= 0.3 is 5.97 Å². The van der Waals surface area contributed by atoms with Gasteiger partial charge in [-0.05, 0) is 85.3 Å². The molecule has 1 unspecified atom stereocenters. The first-order valence-electron chi connectivity index (χ1n) is 13.0. The summed E-state index contributed by atoms with van der Waals surface area (Å²) in [5.41, 5.74) is 2.58. The number of carbonyl (C=O) groups excluding carboxylic acids is 1. The van der Waals surface area contributed by atoms with Crippen molar-refractivity contribution in [2.24, 2.45) is 0 Å². The number of hydrogen-bond acceptors (Lipinski definition) is 7. The number of nitrogens with one attached hydrogen (secondary N) is 1. The van der Waals surface area contributed by atoms with Gasteiger partial charge in [0.1, 0.15) is 25.1 Å². The molecule has 0 radical (unpaired) electrons. The van der Waals surface area contributed by atoms with Gasteiger partial charge < -0.3 is 19.5 Å². The number of anilines is 1. The topological polar surface area (TPSA) is 87.5 Å². The molecule has 0 amide bonds. The number of aromatic nitrogens is 3. The summed E-state index contributed by atoms with van der Waals surface area (Å²) in [6.07, 6.45) is 6.45. The summed E-state index contributed by atoms with van der Waals surface area (Å²) in [5.74, 6) is 1.18. The predicted octanol–water partition coefficient (Wildman–Crippen LogP) is 7.49. The first-order chi connectivity index (χ1) is 18.9. The number of nitrogens with zero attached hydrogens (tertiary/aromatic N) is 3. The van der Waals surface area contributed by atoms with Crippen molar-refractivity contribution in [1.82, 2.24) is 14.8 Å². The smallest absolute Gasteiger partial charge is 0.338 e. The van der Waals surface area contributed by atoms with E-state index >= 15 is 0 Å². The van der Waals surface area contributed by atoms with Gasteiger partial charge in [-0.25, -0.2) is 9.48 Å². The fourth-order valence-corrected chi connectivity index (χ4v) is 6.11. The lowest BCUT2D eigenvalue weighted by molar-refractivity contribution is -0.146. The van der Waals surface area contributed by atoms with E-state index in [-0.39, 0.29) is 18.7 Å². The van der Waals surface area contributed by atoms with E-state index in [9.17, 15) is 4.79 Å². The molecular formula is C28H29BrCl2N4O4. The molecule has 2 aliphatic rings. The summed E-state index contributed by atoms with van der Waals surface area (Å²) in [5, 5.41) is 8.67.